The van der Waals surface area contributed by atoms with Gasteiger partial charge in [-0.2, -0.15) is 0 Å². The molecule has 0 aliphatic rings. The van der Waals surface area contributed by atoms with Gasteiger partial charge in [-0.1, -0.05) is 41.4 Å². The number of rotatable bonds is 4. The van der Waals surface area contributed by atoms with Crippen LogP contribution in [0.5, 0.6) is 0 Å². The summed E-state index contributed by atoms with van der Waals surface area (Å²) in [7, 11) is 0. The molecule has 3 heteroatoms. The summed E-state index contributed by atoms with van der Waals surface area (Å²) in [5.74, 6) is -0.877. The highest BCUT2D eigenvalue weighted by Gasteiger charge is 2.07. The van der Waals surface area contributed by atoms with Crippen LogP contribution in [-0.4, -0.2) is 11.1 Å². The number of carbonyl (C=O) groups is 1. The predicted octanol–water partition coefficient (Wildman–Crippen LogP) is 3.62. The maximum atomic E-state index is 10.6. The Bertz CT molecular complexity index is 306. The number of carboxylic acids is 1. The summed E-state index contributed by atoms with van der Waals surface area (Å²) in [5, 5.41) is 8.71. The minimum Gasteiger partial charge on any atom is -0.478 e. The highest BCUT2D eigenvalue weighted by Crippen LogP contribution is 2.27. The number of hydrogen-bond donors (Lipinski definition) is 1. The minimum atomic E-state index is -0.877. The second-order valence-electron chi connectivity index (χ2n) is 3.18. The van der Waals surface area contributed by atoms with Gasteiger partial charge in [0, 0.05) is 4.83 Å². The second kappa shape index (κ2) is 5.15. The molecular weight excluding hydrogens is 244 g/mol. The van der Waals surface area contributed by atoms with E-state index in [2.05, 4.69) is 22.9 Å². The zero-order valence-corrected chi connectivity index (χ0v) is 9.62. The molecule has 2 nitrogen and oxygen atoms in total. The molecule has 0 saturated heterocycles. The van der Waals surface area contributed by atoms with Crippen molar-refractivity contribution in [3.63, 3.8) is 0 Å². The van der Waals surface area contributed by atoms with E-state index in [-0.39, 0.29) is 0 Å². The second-order valence-corrected chi connectivity index (χ2v) is 4.29. The summed E-state index contributed by atoms with van der Waals surface area (Å²) in [5.41, 5.74) is 1.47. The van der Waals surface area contributed by atoms with Crippen molar-refractivity contribution in [1.82, 2.24) is 0 Å². The van der Waals surface area contributed by atoms with E-state index in [9.17, 15) is 4.79 Å². The van der Waals surface area contributed by atoms with Crippen molar-refractivity contribution >= 4 is 21.9 Å². The largest absolute Gasteiger partial charge is 0.478 e. The van der Waals surface area contributed by atoms with Crippen molar-refractivity contribution in [1.29, 1.82) is 0 Å². The summed E-state index contributed by atoms with van der Waals surface area (Å²) in [6, 6.07) is 7.00. The monoisotopic (exact) mass is 256 g/mol. The Morgan fingerprint density at radius 1 is 1.43 bits per heavy atom. The van der Waals surface area contributed by atoms with Crippen LogP contribution in [0.25, 0.3) is 0 Å². The molecule has 0 aliphatic carbocycles. The molecule has 0 aromatic heterocycles. The van der Waals surface area contributed by atoms with E-state index in [1.807, 2.05) is 12.1 Å². The molecule has 1 rings (SSSR count). The lowest BCUT2D eigenvalue weighted by molar-refractivity contribution is 0.0697. The first kappa shape index (κ1) is 11.2. The number of carboxylic acid groups (broad SMARTS) is 1. The lowest BCUT2D eigenvalue weighted by Crippen LogP contribution is -1.96. The fourth-order valence-electron chi connectivity index (χ4n) is 1.25. The quantitative estimate of drug-likeness (QED) is 0.836. The van der Waals surface area contributed by atoms with E-state index in [4.69, 9.17) is 5.11 Å². The Balaban J connectivity index is 2.77. The first-order chi connectivity index (χ1) is 6.65. The Kier molecular flexibility index (Phi) is 4.14. The molecular formula is C11H13BrO2. The summed E-state index contributed by atoms with van der Waals surface area (Å²) in [6.45, 7) is 2.12. The van der Waals surface area contributed by atoms with Gasteiger partial charge >= 0.3 is 5.97 Å². The van der Waals surface area contributed by atoms with E-state index >= 15 is 0 Å². The Hall–Kier alpha value is -0.830. The van der Waals surface area contributed by atoms with Crippen molar-refractivity contribution in [3.05, 3.63) is 35.4 Å². The van der Waals surface area contributed by atoms with Crippen molar-refractivity contribution < 1.29 is 9.90 Å². The van der Waals surface area contributed by atoms with Crippen LogP contribution in [0.4, 0.5) is 0 Å². The molecule has 1 aromatic rings. The molecule has 0 spiro atoms. The number of halogens is 1. The van der Waals surface area contributed by atoms with Crippen molar-refractivity contribution in [3.8, 4) is 0 Å². The molecule has 0 saturated carbocycles. The number of aromatic carboxylic acids is 1. The molecule has 1 aromatic carbocycles. The van der Waals surface area contributed by atoms with Crippen molar-refractivity contribution in [2.45, 2.75) is 24.6 Å². The third-order valence-corrected chi connectivity index (χ3v) is 3.05. The maximum Gasteiger partial charge on any atom is 0.335 e. The van der Waals surface area contributed by atoms with E-state index in [1.165, 1.54) is 0 Å². The molecule has 0 bridgehead atoms. The van der Waals surface area contributed by atoms with E-state index in [1.54, 1.807) is 12.1 Å². The molecule has 0 radical (unpaired) electrons. The van der Waals surface area contributed by atoms with E-state index in [0.29, 0.717) is 10.4 Å². The van der Waals surface area contributed by atoms with E-state index in [0.717, 1.165) is 18.4 Å². The first-order valence-electron chi connectivity index (χ1n) is 4.62. The number of hydrogen-bond acceptors (Lipinski definition) is 1. The van der Waals surface area contributed by atoms with Gasteiger partial charge in [0.05, 0.1) is 5.56 Å². The van der Waals surface area contributed by atoms with Crippen LogP contribution in [0.15, 0.2) is 24.3 Å². The highest BCUT2D eigenvalue weighted by molar-refractivity contribution is 9.09. The molecule has 0 amide bonds. The van der Waals surface area contributed by atoms with Gasteiger partial charge in [-0.05, 0) is 24.1 Å². The predicted molar refractivity (Wildman–Crippen MR) is 60.0 cm³/mol. The first-order valence-corrected chi connectivity index (χ1v) is 5.54. The number of alkyl halides is 1. The van der Waals surface area contributed by atoms with Crippen LogP contribution in [-0.2, 0) is 0 Å². The van der Waals surface area contributed by atoms with Gasteiger partial charge in [0.25, 0.3) is 0 Å². The Morgan fingerprint density at radius 2 is 2.00 bits per heavy atom. The summed E-state index contributed by atoms with van der Waals surface area (Å²) < 4.78 is 0. The summed E-state index contributed by atoms with van der Waals surface area (Å²) >= 11 is 3.56. The van der Waals surface area contributed by atoms with Crippen LogP contribution in [0, 0.1) is 0 Å². The van der Waals surface area contributed by atoms with Crippen LogP contribution in [0.3, 0.4) is 0 Å². The van der Waals surface area contributed by atoms with Crippen LogP contribution < -0.4 is 0 Å². The highest BCUT2D eigenvalue weighted by atomic mass is 79.9. The van der Waals surface area contributed by atoms with Gasteiger partial charge in [-0.15, -0.1) is 0 Å². The van der Waals surface area contributed by atoms with Gasteiger partial charge in [-0.3, -0.25) is 0 Å². The summed E-state index contributed by atoms with van der Waals surface area (Å²) in [6.07, 6.45) is 2.17. The van der Waals surface area contributed by atoms with Crippen LogP contribution >= 0.6 is 15.9 Å². The van der Waals surface area contributed by atoms with Crippen molar-refractivity contribution in [2.75, 3.05) is 0 Å². The fourth-order valence-corrected chi connectivity index (χ4v) is 2.02. The molecule has 0 heterocycles. The molecule has 76 valence electrons. The van der Waals surface area contributed by atoms with Gasteiger partial charge in [0.15, 0.2) is 0 Å². The average molecular weight is 257 g/mol. The van der Waals surface area contributed by atoms with Crippen LogP contribution in [0.2, 0.25) is 0 Å². The van der Waals surface area contributed by atoms with Crippen LogP contribution in [0.1, 0.15) is 40.5 Å². The summed E-state index contributed by atoms with van der Waals surface area (Å²) in [4.78, 5) is 10.9. The van der Waals surface area contributed by atoms with Crippen molar-refractivity contribution in [2.24, 2.45) is 0 Å². The Labute approximate surface area is 92.1 Å². The fraction of sp³-hybridized carbons (Fsp3) is 0.364. The van der Waals surface area contributed by atoms with Gasteiger partial charge in [-0.25, -0.2) is 4.79 Å². The lowest BCUT2D eigenvalue weighted by Gasteiger charge is -2.08. The SMILES string of the molecule is CCCC(Br)c1ccc(C(=O)O)cc1. The molecule has 1 atom stereocenters. The molecule has 1 unspecified atom stereocenters. The number of benzene rings is 1. The zero-order valence-electron chi connectivity index (χ0n) is 8.03. The van der Waals surface area contributed by atoms with Gasteiger partial charge in [0.1, 0.15) is 0 Å². The standard InChI is InChI=1S/C11H13BrO2/c1-2-3-10(12)8-4-6-9(7-5-8)11(13)14/h4-7,10H,2-3H2,1H3,(H,13,14). The molecule has 1 N–H and O–H groups in total. The van der Waals surface area contributed by atoms with E-state index < -0.39 is 5.97 Å². The van der Waals surface area contributed by atoms with Gasteiger partial charge < -0.3 is 5.11 Å². The smallest absolute Gasteiger partial charge is 0.335 e. The maximum absolute atomic E-state index is 10.6. The third kappa shape index (κ3) is 2.84. The minimum absolute atomic E-state index is 0.329. The molecule has 14 heavy (non-hydrogen) atoms. The molecule has 0 aliphatic heterocycles. The third-order valence-electron chi connectivity index (χ3n) is 2.06. The average Bonchev–Trinajstić information content (AvgIpc) is 2.18. The zero-order chi connectivity index (χ0) is 10.6. The lowest BCUT2D eigenvalue weighted by atomic mass is 10.1. The normalized spacial score (nSPS) is 12.4. The van der Waals surface area contributed by atoms with Gasteiger partial charge in [0.2, 0.25) is 0 Å². The Morgan fingerprint density at radius 3 is 2.43 bits per heavy atom. The topological polar surface area (TPSA) is 37.3 Å². The molecule has 0 fully saturated rings.